The fourth-order valence-electron chi connectivity index (χ4n) is 4.85. The van der Waals surface area contributed by atoms with Gasteiger partial charge in [-0.3, -0.25) is 14.1 Å². The van der Waals surface area contributed by atoms with Crippen molar-refractivity contribution in [3.05, 3.63) is 76.5 Å². The van der Waals surface area contributed by atoms with Crippen LogP contribution in [0, 0.1) is 0 Å². The zero-order valence-corrected chi connectivity index (χ0v) is 21.4. The van der Waals surface area contributed by atoms with Crippen LogP contribution in [-0.2, 0) is 26.8 Å². The van der Waals surface area contributed by atoms with E-state index in [-0.39, 0.29) is 18.1 Å². The number of aromatic nitrogens is 7. The van der Waals surface area contributed by atoms with Crippen LogP contribution < -0.4 is 10.4 Å². The molecule has 200 valence electrons. The molecule has 4 aromatic heterocycles. The summed E-state index contributed by atoms with van der Waals surface area (Å²) in [7, 11) is 4.76. The Morgan fingerprint density at radius 2 is 1.79 bits per heavy atom. The first-order valence-corrected chi connectivity index (χ1v) is 12.3. The Balaban J connectivity index is 1.38. The first kappa shape index (κ1) is 24.8. The lowest BCUT2D eigenvalue weighted by molar-refractivity contribution is -0.140. The molecule has 9 nitrogen and oxygen atoms in total. The molecule has 1 saturated carbocycles. The molecule has 0 saturated heterocycles. The monoisotopic (exact) mass is 535 g/mol. The maximum atomic E-state index is 13.2. The van der Waals surface area contributed by atoms with Gasteiger partial charge >= 0.3 is 11.9 Å². The number of benzene rings is 1. The van der Waals surface area contributed by atoms with Gasteiger partial charge in [0.2, 0.25) is 5.88 Å². The van der Waals surface area contributed by atoms with Crippen molar-refractivity contribution in [3.8, 4) is 28.5 Å². The van der Waals surface area contributed by atoms with Crippen molar-refractivity contribution in [3.63, 3.8) is 0 Å². The minimum atomic E-state index is -4.52. The number of alkyl halides is 3. The van der Waals surface area contributed by atoms with Gasteiger partial charge < -0.3 is 9.30 Å². The molecule has 4 heterocycles. The largest absolute Gasteiger partial charge is 0.480 e. The molecule has 0 N–H and O–H groups in total. The topological polar surface area (TPSA) is 92.7 Å². The third-order valence-electron chi connectivity index (χ3n) is 7.01. The van der Waals surface area contributed by atoms with Gasteiger partial charge in [0.15, 0.2) is 5.69 Å². The van der Waals surface area contributed by atoms with Crippen molar-refractivity contribution >= 4 is 11.0 Å². The van der Waals surface area contributed by atoms with Crippen LogP contribution in [0.4, 0.5) is 13.2 Å². The number of pyridine rings is 1. The maximum Gasteiger partial charge on any atom is 0.434 e. The number of hydrogen-bond acceptors (Lipinski definition) is 6. The van der Waals surface area contributed by atoms with Gasteiger partial charge in [-0.15, -0.1) is 0 Å². The highest BCUT2D eigenvalue weighted by Crippen LogP contribution is 2.45. The average molecular weight is 536 g/mol. The van der Waals surface area contributed by atoms with Gasteiger partial charge in [-0.25, -0.2) is 19.7 Å². The Labute approximate surface area is 220 Å². The van der Waals surface area contributed by atoms with E-state index in [1.54, 1.807) is 49.2 Å². The molecule has 1 aliphatic carbocycles. The summed E-state index contributed by atoms with van der Waals surface area (Å²) in [6.07, 6.45) is 1.68. The van der Waals surface area contributed by atoms with Gasteiger partial charge in [0.1, 0.15) is 12.2 Å². The third-order valence-corrected chi connectivity index (χ3v) is 7.01. The minimum Gasteiger partial charge on any atom is -0.480 e. The van der Waals surface area contributed by atoms with E-state index in [4.69, 9.17) is 4.74 Å². The van der Waals surface area contributed by atoms with Crippen LogP contribution >= 0.6 is 0 Å². The summed E-state index contributed by atoms with van der Waals surface area (Å²) in [5.74, 6) is 0.969. The number of rotatable bonds is 6. The van der Waals surface area contributed by atoms with Gasteiger partial charge in [-0.05, 0) is 24.5 Å². The molecule has 0 atom stereocenters. The average Bonchev–Trinajstić information content (AvgIpc) is 3.66. The fraction of sp³-hybridized carbons (Fsp3) is 0.296. The number of hydrogen-bond donors (Lipinski definition) is 0. The standard InChI is InChI=1S/C27H24F3N7O2/c1-35-13-21(27(28,29)30)34-24(35)17-6-4-15(5-7-17)12-37-19-10-18(31-11-20(19)36(2)26(37)38)22-23(16-8-9-16)32-14-33-25(22)39-3/h4-7,10-11,13-14,16H,8-9,12H2,1-3H3. The summed E-state index contributed by atoms with van der Waals surface area (Å²) >= 11 is 0. The highest BCUT2D eigenvalue weighted by molar-refractivity contribution is 5.82. The first-order chi connectivity index (χ1) is 18.7. The molecule has 0 unspecified atom stereocenters. The molecule has 12 heteroatoms. The zero-order valence-electron chi connectivity index (χ0n) is 21.4. The van der Waals surface area contributed by atoms with Crippen LogP contribution in [-0.4, -0.2) is 40.7 Å². The summed E-state index contributed by atoms with van der Waals surface area (Å²) in [6.45, 7) is 0.256. The highest BCUT2D eigenvalue weighted by atomic mass is 19.4. The summed E-state index contributed by atoms with van der Waals surface area (Å²) in [6, 6.07) is 8.82. The van der Waals surface area contributed by atoms with Gasteiger partial charge in [0.25, 0.3) is 0 Å². The lowest BCUT2D eigenvalue weighted by Gasteiger charge is -2.12. The molecule has 5 aromatic rings. The summed E-state index contributed by atoms with van der Waals surface area (Å²) < 4.78 is 49.3. The van der Waals surface area contributed by atoms with E-state index >= 15 is 0 Å². The SMILES string of the molecule is COc1ncnc(C2CC2)c1-c1cc2c(cn1)n(C)c(=O)n2Cc1ccc(-c2nc(C(F)(F)F)cn2C)cc1. The van der Waals surface area contributed by atoms with Crippen LogP contribution in [0.5, 0.6) is 5.88 Å². The number of imidazole rings is 2. The number of aryl methyl sites for hydroxylation is 2. The second-order valence-corrected chi connectivity index (χ2v) is 9.66. The van der Waals surface area contributed by atoms with E-state index in [0.717, 1.165) is 35.9 Å². The smallest absolute Gasteiger partial charge is 0.434 e. The van der Waals surface area contributed by atoms with E-state index < -0.39 is 11.9 Å². The predicted octanol–water partition coefficient (Wildman–Crippen LogP) is 4.55. The third kappa shape index (κ3) is 4.35. The second-order valence-electron chi connectivity index (χ2n) is 9.66. The zero-order chi connectivity index (χ0) is 27.5. The molecule has 1 fully saturated rings. The van der Waals surface area contributed by atoms with Crippen LogP contribution in [0.2, 0.25) is 0 Å². The van der Waals surface area contributed by atoms with E-state index in [1.807, 2.05) is 6.07 Å². The molecule has 6 rings (SSSR count). The number of halogens is 3. The van der Waals surface area contributed by atoms with Crippen LogP contribution in [0.3, 0.4) is 0 Å². The highest BCUT2D eigenvalue weighted by Gasteiger charge is 2.34. The number of methoxy groups -OCH3 is 1. The fourth-order valence-corrected chi connectivity index (χ4v) is 4.85. The Bertz CT molecular complexity index is 1760. The second kappa shape index (κ2) is 9.07. The number of fused-ring (bicyclic) bond motifs is 1. The summed E-state index contributed by atoms with van der Waals surface area (Å²) in [5, 5.41) is 0. The van der Waals surface area contributed by atoms with Crippen LogP contribution in [0.15, 0.2) is 53.8 Å². The van der Waals surface area contributed by atoms with Crippen molar-refractivity contribution in [2.24, 2.45) is 14.1 Å². The van der Waals surface area contributed by atoms with Crippen LogP contribution in [0.1, 0.15) is 35.7 Å². The van der Waals surface area contributed by atoms with Gasteiger partial charge in [-0.1, -0.05) is 24.3 Å². The summed E-state index contributed by atoms with van der Waals surface area (Å²) in [5.41, 5.74) is 3.76. The normalized spacial score (nSPS) is 13.8. The maximum absolute atomic E-state index is 13.2. The number of ether oxygens (including phenoxy) is 1. The predicted molar refractivity (Wildman–Crippen MR) is 137 cm³/mol. The molecule has 1 aliphatic rings. The van der Waals surface area contributed by atoms with E-state index in [2.05, 4.69) is 19.9 Å². The number of nitrogens with zero attached hydrogens (tertiary/aromatic N) is 7. The molecule has 0 radical (unpaired) electrons. The van der Waals surface area contributed by atoms with Crippen molar-refractivity contribution in [2.75, 3.05) is 7.11 Å². The van der Waals surface area contributed by atoms with Gasteiger partial charge in [-0.2, -0.15) is 13.2 Å². The van der Waals surface area contributed by atoms with Crippen molar-refractivity contribution in [1.29, 1.82) is 0 Å². The molecule has 0 aliphatic heterocycles. The minimum absolute atomic E-state index is 0.206. The Morgan fingerprint density at radius 1 is 1.05 bits per heavy atom. The molecule has 0 amide bonds. The Kier molecular flexibility index (Phi) is 5.77. The van der Waals surface area contributed by atoms with E-state index in [0.29, 0.717) is 34.1 Å². The molecular weight excluding hydrogens is 511 g/mol. The van der Waals surface area contributed by atoms with E-state index in [1.165, 1.54) is 22.5 Å². The van der Waals surface area contributed by atoms with Crippen molar-refractivity contribution in [1.82, 2.24) is 33.6 Å². The molecule has 1 aromatic carbocycles. The lowest BCUT2D eigenvalue weighted by atomic mass is 10.1. The quantitative estimate of drug-likeness (QED) is 0.317. The Hall–Kier alpha value is -4.48. The van der Waals surface area contributed by atoms with Crippen molar-refractivity contribution in [2.45, 2.75) is 31.5 Å². The lowest BCUT2D eigenvalue weighted by Crippen LogP contribution is -2.22. The van der Waals surface area contributed by atoms with E-state index in [9.17, 15) is 18.0 Å². The first-order valence-electron chi connectivity index (χ1n) is 12.3. The molecule has 0 spiro atoms. The van der Waals surface area contributed by atoms with Gasteiger partial charge in [0, 0.05) is 31.8 Å². The molecule has 0 bridgehead atoms. The Morgan fingerprint density at radius 3 is 2.44 bits per heavy atom. The summed E-state index contributed by atoms with van der Waals surface area (Å²) in [4.78, 5) is 30.4. The molecular formula is C27H24F3N7O2. The van der Waals surface area contributed by atoms with Crippen LogP contribution in [0.25, 0.3) is 33.7 Å². The van der Waals surface area contributed by atoms with Crippen molar-refractivity contribution < 1.29 is 17.9 Å². The molecule has 39 heavy (non-hydrogen) atoms. The van der Waals surface area contributed by atoms with Gasteiger partial charge in [0.05, 0.1) is 47.8 Å².